The van der Waals surface area contributed by atoms with Gasteiger partial charge in [-0.3, -0.25) is 9.59 Å². The maximum absolute atomic E-state index is 12.2. The number of benzene rings is 1. The van der Waals surface area contributed by atoms with E-state index < -0.39 is 5.54 Å². The first kappa shape index (κ1) is 15.7. The van der Waals surface area contributed by atoms with Gasteiger partial charge >= 0.3 is 0 Å². The van der Waals surface area contributed by atoms with Gasteiger partial charge < -0.3 is 10.6 Å². The van der Waals surface area contributed by atoms with Gasteiger partial charge in [0.2, 0.25) is 5.91 Å². The number of amides is 2. The minimum atomic E-state index is -0.522. The highest BCUT2D eigenvalue weighted by atomic mass is 16.2. The molecular weight excluding hydrogens is 254 g/mol. The molecule has 2 amide bonds. The molecule has 106 valence electrons. The molecule has 20 heavy (non-hydrogen) atoms. The third-order valence-electron chi connectivity index (χ3n) is 3.00. The highest BCUT2D eigenvalue weighted by Crippen LogP contribution is 2.14. The van der Waals surface area contributed by atoms with Gasteiger partial charge in [0.25, 0.3) is 5.91 Å². The fourth-order valence-electron chi connectivity index (χ4n) is 1.77. The summed E-state index contributed by atoms with van der Waals surface area (Å²) in [7, 11) is 1.58. The number of nitrogens with zero attached hydrogens (tertiary/aromatic N) is 1. The standard InChI is InChI=1S/C15H19N3O2/c1-15(2,9-8-13(19)17-3)18-14(20)12-7-5-4-6-11(12)10-16/h4-7H,8-9H2,1-3H3,(H,17,19)(H,18,20). The van der Waals surface area contributed by atoms with Crippen molar-refractivity contribution in [3.63, 3.8) is 0 Å². The summed E-state index contributed by atoms with van der Waals surface area (Å²) in [5.41, 5.74) is 0.168. The molecule has 0 aliphatic rings. The van der Waals surface area contributed by atoms with Gasteiger partial charge in [-0.1, -0.05) is 12.1 Å². The Balaban J connectivity index is 2.74. The van der Waals surface area contributed by atoms with Gasteiger partial charge in [-0.2, -0.15) is 5.26 Å². The van der Waals surface area contributed by atoms with Crippen molar-refractivity contribution in [3.05, 3.63) is 35.4 Å². The number of hydrogen-bond donors (Lipinski definition) is 2. The molecule has 5 nitrogen and oxygen atoms in total. The maximum atomic E-state index is 12.2. The molecule has 0 atom stereocenters. The molecule has 0 aliphatic heterocycles. The lowest BCUT2D eigenvalue weighted by molar-refractivity contribution is -0.121. The normalized spacial score (nSPS) is 10.5. The predicted molar refractivity (Wildman–Crippen MR) is 76.0 cm³/mol. The lowest BCUT2D eigenvalue weighted by Gasteiger charge is -2.26. The Labute approximate surface area is 119 Å². The van der Waals surface area contributed by atoms with Crippen molar-refractivity contribution in [2.45, 2.75) is 32.2 Å². The molecule has 0 fully saturated rings. The van der Waals surface area contributed by atoms with Crippen LogP contribution >= 0.6 is 0 Å². The molecule has 0 heterocycles. The Kier molecular flexibility index (Phi) is 5.27. The SMILES string of the molecule is CNC(=O)CCC(C)(C)NC(=O)c1ccccc1C#N. The van der Waals surface area contributed by atoms with E-state index in [1.54, 1.807) is 31.3 Å². The summed E-state index contributed by atoms with van der Waals surface area (Å²) < 4.78 is 0. The third kappa shape index (κ3) is 4.39. The average molecular weight is 273 g/mol. The summed E-state index contributed by atoms with van der Waals surface area (Å²) in [4.78, 5) is 23.4. The van der Waals surface area contributed by atoms with Gasteiger partial charge in [-0.25, -0.2) is 0 Å². The van der Waals surface area contributed by atoms with Crippen molar-refractivity contribution in [2.75, 3.05) is 7.05 Å². The minimum Gasteiger partial charge on any atom is -0.359 e. The molecule has 1 aromatic carbocycles. The van der Waals surface area contributed by atoms with E-state index in [1.807, 2.05) is 19.9 Å². The molecule has 0 radical (unpaired) electrons. The number of nitriles is 1. The van der Waals surface area contributed by atoms with Crippen molar-refractivity contribution < 1.29 is 9.59 Å². The maximum Gasteiger partial charge on any atom is 0.253 e. The molecule has 1 aromatic rings. The van der Waals surface area contributed by atoms with Crippen LogP contribution in [-0.4, -0.2) is 24.4 Å². The van der Waals surface area contributed by atoms with Gasteiger partial charge in [-0.15, -0.1) is 0 Å². The van der Waals surface area contributed by atoms with E-state index in [0.717, 1.165) is 0 Å². The van der Waals surface area contributed by atoms with Crippen LogP contribution in [0.4, 0.5) is 0 Å². The van der Waals surface area contributed by atoms with Crippen LogP contribution < -0.4 is 10.6 Å². The number of nitrogens with one attached hydrogen (secondary N) is 2. The monoisotopic (exact) mass is 273 g/mol. The van der Waals surface area contributed by atoms with E-state index in [2.05, 4.69) is 10.6 Å². The Morgan fingerprint density at radius 1 is 1.30 bits per heavy atom. The zero-order chi connectivity index (χ0) is 15.2. The molecule has 0 saturated heterocycles. The summed E-state index contributed by atoms with van der Waals surface area (Å²) in [6.45, 7) is 3.70. The topological polar surface area (TPSA) is 82.0 Å². The molecule has 0 bridgehead atoms. The number of rotatable bonds is 5. The summed E-state index contributed by atoms with van der Waals surface area (Å²) in [5, 5.41) is 14.4. The summed E-state index contributed by atoms with van der Waals surface area (Å²) in [5.74, 6) is -0.367. The Bertz CT molecular complexity index is 544. The Morgan fingerprint density at radius 2 is 1.95 bits per heavy atom. The van der Waals surface area contributed by atoms with Crippen LogP contribution in [-0.2, 0) is 4.79 Å². The first-order chi connectivity index (χ1) is 9.39. The van der Waals surface area contributed by atoms with Crippen molar-refractivity contribution in [3.8, 4) is 6.07 Å². The molecule has 5 heteroatoms. The minimum absolute atomic E-state index is 0.0650. The first-order valence-corrected chi connectivity index (χ1v) is 6.42. The zero-order valence-corrected chi connectivity index (χ0v) is 12.0. The number of carbonyl (C=O) groups is 2. The lowest BCUT2D eigenvalue weighted by atomic mass is 9.97. The van der Waals surface area contributed by atoms with Crippen LogP contribution in [0.15, 0.2) is 24.3 Å². The van der Waals surface area contributed by atoms with Gasteiger partial charge in [0.1, 0.15) is 0 Å². The second kappa shape index (κ2) is 6.71. The van der Waals surface area contributed by atoms with Gasteiger partial charge in [0.15, 0.2) is 0 Å². The molecule has 0 aromatic heterocycles. The molecule has 1 rings (SSSR count). The summed E-state index contributed by atoms with van der Waals surface area (Å²) in [6, 6.07) is 8.64. The number of carbonyl (C=O) groups excluding carboxylic acids is 2. The molecular formula is C15H19N3O2. The smallest absolute Gasteiger partial charge is 0.253 e. The fourth-order valence-corrected chi connectivity index (χ4v) is 1.77. The van der Waals surface area contributed by atoms with Crippen LogP contribution in [0.3, 0.4) is 0 Å². The van der Waals surface area contributed by atoms with Crippen molar-refractivity contribution in [1.82, 2.24) is 10.6 Å². The zero-order valence-electron chi connectivity index (χ0n) is 12.0. The fraction of sp³-hybridized carbons (Fsp3) is 0.400. The van der Waals surface area contributed by atoms with E-state index in [1.165, 1.54) is 0 Å². The molecule has 0 spiro atoms. The number of hydrogen-bond acceptors (Lipinski definition) is 3. The van der Waals surface area contributed by atoms with E-state index >= 15 is 0 Å². The van der Waals surface area contributed by atoms with Gasteiger partial charge in [0.05, 0.1) is 17.2 Å². The highest BCUT2D eigenvalue weighted by Gasteiger charge is 2.23. The van der Waals surface area contributed by atoms with Crippen LogP contribution in [0, 0.1) is 11.3 Å². The quantitative estimate of drug-likeness (QED) is 0.854. The van der Waals surface area contributed by atoms with Crippen LogP contribution in [0.1, 0.15) is 42.6 Å². The molecule has 0 saturated carbocycles. The second-order valence-corrected chi connectivity index (χ2v) is 5.17. The summed E-state index contributed by atoms with van der Waals surface area (Å²) in [6.07, 6.45) is 0.858. The Hall–Kier alpha value is -2.35. The van der Waals surface area contributed by atoms with Gasteiger partial charge in [0, 0.05) is 19.0 Å². The van der Waals surface area contributed by atoms with E-state index in [9.17, 15) is 9.59 Å². The van der Waals surface area contributed by atoms with Crippen molar-refractivity contribution in [2.24, 2.45) is 0 Å². The van der Waals surface area contributed by atoms with E-state index in [0.29, 0.717) is 24.0 Å². The molecule has 0 aliphatic carbocycles. The summed E-state index contributed by atoms with van der Waals surface area (Å²) >= 11 is 0. The Morgan fingerprint density at radius 3 is 2.55 bits per heavy atom. The average Bonchev–Trinajstić information content (AvgIpc) is 2.44. The molecule has 0 unspecified atom stereocenters. The van der Waals surface area contributed by atoms with Crippen LogP contribution in [0.2, 0.25) is 0 Å². The first-order valence-electron chi connectivity index (χ1n) is 6.42. The molecule has 2 N–H and O–H groups in total. The van der Waals surface area contributed by atoms with Crippen LogP contribution in [0.5, 0.6) is 0 Å². The van der Waals surface area contributed by atoms with Crippen molar-refractivity contribution >= 4 is 11.8 Å². The van der Waals surface area contributed by atoms with Crippen molar-refractivity contribution in [1.29, 1.82) is 5.26 Å². The second-order valence-electron chi connectivity index (χ2n) is 5.17. The van der Waals surface area contributed by atoms with E-state index in [4.69, 9.17) is 5.26 Å². The van der Waals surface area contributed by atoms with E-state index in [-0.39, 0.29) is 11.8 Å². The highest BCUT2D eigenvalue weighted by molar-refractivity contribution is 5.97. The largest absolute Gasteiger partial charge is 0.359 e. The third-order valence-corrected chi connectivity index (χ3v) is 3.00. The lowest BCUT2D eigenvalue weighted by Crippen LogP contribution is -2.44. The van der Waals surface area contributed by atoms with Gasteiger partial charge in [-0.05, 0) is 32.4 Å². The van der Waals surface area contributed by atoms with Crippen LogP contribution in [0.25, 0.3) is 0 Å². The predicted octanol–water partition coefficient (Wildman–Crippen LogP) is 1.59.